The molecule has 5 amide bonds. The molecule has 0 aromatic heterocycles. The number of unbranched alkanes of at least 4 members (excludes halogenated alkanes) is 2. The van der Waals surface area contributed by atoms with Crippen molar-refractivity contribution in [3.63, 3.8) is 0 Å². The average molecular weight is 423 g/mol. The molecule has 1 rings (SSSR count). The van der Waals surface area contributed by atoms with E-state index in [1.807, 2.05) is 0 Å². The van der Waals surface area contributed by atoms with Gasteiger partial charge in [-0.1, -0.05) is 28.8 Å². The first-order valence-electron chi connectivity index (χ1n) is 9.95. The van der Waals surface area contributed by atoms with Crippen LogP contribution in [0.1, 0.15) is 46.5 Å². The lowest BCUT2D eigenvalue weighted by atomic mass is 10.0. The molecule has 11 heteroatoms. The molecule has 0 aromatic rings. The highest BCUT2D eigenvalue weighted by molar-refractivity contribution is 7.65. The fourth-order valence-corrected chi connectivity index (χ4v) is 3.01. The third-order valence-electron chi connectivity index (χ3n) is 4.38. The molecule has 0 bridgehead atoms. The summed E-state index contributed by atoms with van der Waals surface area (Å²) in [5.41, 5.74) is 0. The summed E-state index contributed by atoms with van der Waals surface area (Å²) in [5, 5.41) is 7.44. The van der Waals surface area contributed by atoms with E-state index in [0.29, 0.717) is 25.8 Å². The number of carbonyl (C=O) groups excluding carboxylic acids is 5. The average Bonchev–Trinajstić information content (AvgIpc) is 2.96. The van der Waals surface area contributed by atoms with Gasteiger partial charge in [0.25, 0.3) is 11.8 Å². The summed E-state index contributed by atoms with van der Waals surface area (Å²) < 4.78 is 7.19. The fourth-order valence-electron chi connectivity index (χ4n) is 2.69. The molecule has 0 saturated heterocycles. The Morgan fingerprint density at radius 2 is 1.69 bits per heavy atom. The van der Waals surface area contributed by atoms with Crippen molar-refractivity contribution in [1.29, 1.82) is 1.28 Å². The van der Waals surface area contributed by atoms with Crippen LogP contribution in [0.15, 0.2) is 12.2 Å². The number of rotatable bonds is 12. The molecule has 9 nitrogen and oxygen atoms in total. The number of hydrogen-bond donors (Lipinski definition) is 3. The van der Waals surface area contributed by atoms with Gasteiger partial charge in [-0.05, 0) is 25.7 Å². The Morgan fingerprint density at radius 1 is 1.07 bits per heavy atom. The number of carbonyl (C=O) groups is 5. The van der Waals surface area contributed by atoms with Gasteiger partial charge in [-0.3, -0.25) is 28.9 Å². The largest absolute Gasteiger partial charge is 0.346 e. The first-order valence-corrected chi connectivity index (χ1v) is 10.5. The van der Waals surface area contributed by atoms with E-state index in [-0.39, 0.29) is 30.1 Å². The van der Waals surface area contributed by atoms with Crippen LogP contribution < -0.4 is 15.7 Å². The van der Waals surface area contributed by atoms with Crippen molar-refractivity contribution in [1.82, 2.24) is 20.6 Å². The molecule has 1 aliphatic rings. The summed E-state index contributed by atoms with van der Waals surface area (Å²) in [4.78, 5) is 60.5. The Kier molecular flexibility index (Phi) is 9.84. The van der Waals surface area contributed by atoms with Crippen LogP contribution >= 0.6 is 8.56 Å². The minimum Gasteiger partial charge on any atom is -0.346 e. The van der Waals surface area contributed by atoms with Crippen molar-refractivity contribution in [3.8, 4) is 0 Å². The quantitative estimate of drug-likeness (QED) is 0.175. The maximum absolute atomic E-state index is 12.5. The van der Waals surface area contributed by atoms with E-state index in [1.165, 1.54) is 19.1 Å². The van der Waals surface area contributed by atoms with Gasteiger partial charge in [0.05, 0.1) is 1.28 Å². The number of nitrogens with zero attached hydrogens (tertiary/aromatic N) is 1. The highest BCUT2D eigenvalue weighted by Gasteiger charge is 2.27. The molecule has 3 N–H and O–H groups in total. The zero-order valence-corrected chi connectivity index (χ0v) is 17.8. The van der Waals surface area contributed by atoms with Gasteiger partial charge >= 0.3 is 0 Å². The molecule has 0 aliphatic carbocycles. The Hall–Kier alpha value is -2.22. The van der Waals surface area contributed by atoms with Gasteiger partial charge in [0, 0.05) is 25.1 Å². The summed E-state index contributed by atoms with van der Waals surface area (Å²) in [7, 11) is 3.37. The van der Waals surface area contributed by atoms with Crippen molar-refractivity contribution in [2.24, 2.45) is 5.92 Å². The Morgan fingerprint density at radius 3 is 2.24 bits per heavy atom. The van der Waals surface area contributed by atoms with E-state index >= 15 is 0 Å². The third kappa shape index (κ3) is 8.35. The lowest BCUT2D eigenvalue weighted by Crippen LogP contribution is -2.54. The van der Waals surface area contributed by atoms with Crippen molar-refractivity contribution >= 4 is 45.7 Å². The molecule has 0 fully saturated rings. The van der Waals surface area contributed by atoms with E-state index in [0.717, 1.165) is 4.90 Å². The van der Waals surface area contributed by atoms with Crippen molar-refractivity contribution in [3.05, 3.63) is 12.2 Å². The smallest absolute Gasteiger partial charge is 0.253 e. The van der Waals surface area contributed by atoms with Gasteiger partial charge in [0.1, 0.15) is 19.6 Å². The maximum atomic E-state index is 12.5. The molecule has 1 aliphatic heterocycles. The van der Waals surface area contributed by atoms with E-state index in [4.69, 9.17) is 8.84 Å². The molecular formula is C18H28BN4O5P. The molecule has 1 heterocycles. The van der Waals surface area contributed by atoms with Gasteiger partial charge in [0.15, 0.2) is 0 Å². The topological polar surface area (TPSA) is 125 Å². The van der Waals surface area contributed by atoms with Crippen molar-refractivity contribution < 1.29 is 24.0 Å². The summed E-state index contributed by atoms with van der Waals surface area (Å²) >= 11 is 0. The van der Waals surface area contributed by atoms with Crippen molar-refractivity contribution in [2.75, 3.05) is 6.54 Å². The minimum atomic E-state index is -1.87. The lowest BCUT2D eigenvalue weighted by Gasteiger charge is -2.23. The fraction of sp³-hybridized carbons (Fsp3) is 0.611. The number of imide groups is 1. The molecular weight excluding hydrogens is 394 g/mol. The second-order valence-corrected chi connectivity index (χ2v) is 7.58. The standard InChI is InChI=1S/C18H28BN4O5P/c1-11(2)16(18(28)20-12(3)17(27)22-29-19)21-13(24)7-5-4-6-10-23-14(25)8-9-15(23)26/h8-9,11-12,16,29H,4-7,10H2,1-3H3,(H,20,28)(H,21,24)(H,22,27)/t12-,16-,29?/m0/s1/i29D. The predicted octanol–water partition coefficient (Wildman–Crippen LogP) is -0.0895. The van der Waals surface area contributed by atoms with Crippen LogP contribution in [0, 0.1) is 5.92 Å². The second-order valence-electron chi connectivity index (χ2n) is 7.10. The molecule has 29 heavy (non-hydrogen) atoms. The zero-order valence-electron chi connectivity index (χ0n) is 17.9. The van der Waals surface area contributed by atoms with Gasteiger partial charge in [-0.25, -0.2) is 0 Å². The van der Waals surface area contributed by atoms with Gasteiger partial charge in [0.2, 0.25) is 17.7 Å². The predicted molar refractivity (Wildman–Crippen MR) is 111 cm³/mol. The maximum Gasteiger partial charge on any atom is 0.253 e. The van der Waals surface area contributed by atoms with Crippen molar-refractivity contribution in [2.45, 2.75) is 58.5 Å². The first kappa shape index (κ1) is 23.1. The second kappa shape index (κ2) is 12.4. The molecule has 1 unspecified atom stereocenters. The Bertz CT molecular complexity index is 686. The summed E-state index contributed by atoms with van der Waals surface area (Å²) in [6.07, 6.45) is 4.45. The lowest BCUT2D eigenvalue weighted by molar-refractivity contribution is -0.137. The molecule has 3 atom stereocenters. The Labute approximate surface area is 175 Å². The molecule has 2 radical (unpaired) electrons. The van der Waals surface area contributed by atoms with E-state index in [1.54, 1.807) is 13.8 Å². The zero-order chi connectivity index (χ0) is 22.8. The van der Waals surface area contributed by atoms with E-state index in [2.05, 4.69) is 15.7 Å². The summed E-state index contributed by atoms with van der Waals surface area (Å²) in [6, 6.07) is -1.70. The van der Waals surface area contributed by atoms with Crippen LogP contribution in [-0.2, 0) is 24.0 Å². The molecule has 0 aromatic carbocycles. The third-order valence-corrected chi connectivity index (χ3v) is 4.73. The molecule has 0 spiro atoms. The van der Waals surface area contributed by atoms with Crippen LogP contribution in [0.5, 0.6) is 0 Å². The number of nitrogens with one attached hydrogen (secondary N) is 3. The summed E-state index contributed by atoms with van der Waals surface area (Å²) in [5.74, 6) is -2.20. The molecule has 0 saturated carbocycles. The van der Waals surface area contributed by atoms with Crippen LogP contribution in [0.2, 0.25) is 0 Å². The van der Waals surface area contributed by atoms with Crippen LogP contribution in [0.25, 0.3) is 0 Å². The van der Waals surface area contributed by atoms with Gasteiger partial charge in [-0.15, -0.1) is 0 Å². The summed E-state index contributed by atoms with van der Waals surface area (Å²) in [6.45, 7) is 5.33. The monoisotopic (exact) mass is 423 g/mol. The van der Waals surface area contributed by atoms with E-state index in [9.17, 15) is 24.0 Å². The SMILES string of the molecule is [2H]P([B])NC(=O)[C@H](C)NC(=O)[C@@H](NC(=O)CCCCCN1C(=O)C=CC1=O)C(C)C. The normalized spacial score (nSPS) is 17.0. The van der Waals surface area contributed by atoms with Gasteiger partial charge < -0.3 is 15.7 Å². The van der Waals surface area contributed by atoms with Gasteiger partial charge in [-0.2, -0.15) is 0 Å². The first-order chi connectivity index (χ1) is 14.0. The van der Waals surface area contributed by atoms with Crippen LogP contribution in [0.4, 0.5) is 0 Å². The van der Waals surface area contributed by atoms with Crippen LogP contribution in [-0.4, -0.2) is 61.9 Å². The van der Waals surface area contributed by atoms with Crippen LogP contribution in [0.3, 0.4) is 0 Å². The highest BCUT2D eigenvalue weighted by Crippen LogP contribution is 2.09. The minimum absolute atomic E-state index is 0.197. The molecule has 158 valence electrons. The van der Waals surface area contributed by atoms with E-state index < -0.39 is 32.5 Å². The highest BCUT2D eigenvalue weighted by atomic mass is 31.1. The Balaban J connectivity index is 2.38. The number of hydrogen-bond acceptors (Lipinski definition) is 5. The number of amides is 5.